The standard InChI is InChI=1S/C24H27NO5/c1-28-17-12-16(13-18(14-17)29-2)23(27)15-25-11-10-22(26)20-8-9-24(30-3)21-7-5-4-6-19(20)21/h4-9,12-14,23,25,27H,10-11,15H2,1-3H3. The molecule has 3 aromatic rings. The Morgan fingerprint density at radius 1 is 0.933 bits per heavy atom. The molecule has 6 heteroatoms. The van der Waals surface area contributed by atoms with Crippen LogP contribution in [0.3, 0.4) is 0 Å². The van der Waals surface area contributed by atoms with E-state index in [1.807, 2.05) is 30.3 Å². The summed E-state index contributed by atoms with van der Waals surface area (Å²) in [5.41, 5.74) is 1.36. The van der Waals surface area contributed by atoms with Gasteiger partial charge in [0, 0.05) is 36.5 Å². The molecule has 0 aromatic heterocycles. The first-order valence-corrected chi connectivity index (χ1v) is 9.78. The smallest absolute Gasteiger partial charge is 0.164 e. The Balaban J connectivity index is 1.60. The Kier molecular flexibility index (Phi) is 7.27. The Labute approximate surface area is 176 Å². The summed E-state index contributed by atoms with van der Waals surface area (Å²) in [6.45, 7) is 0.768. The van der Waals surface area contributed by atoms with Gasteiger partial charge in [-0.3, -0.25) is 4.79 Å². The van der Waals surface area contributed by atoms with Crippen molar-refractivity contribution in [3.63, 3.8) is 0 Å². The van der Waals surface area contributed by atoms with Crippen LogP contribution < -0.4 is 19.5 Å². The molecule has 0 heterocycles. The monoisotopic (exact) mass is 409 g/mol. The Bertz CT molecular complexity index is 995. The lowest BCUT2D eigenvalue weighted by atomic mass is 9.99. The summed E-state index contributed by atoms with van der Waals surface area (Å²) >= 11 is 0. The topological polar surface area (TPSA) is 77.0 Å². The van der Waals surface area contributed by atoms with Gasteiger partial charge in [-0.05, 0) is 35.2 Å². The molecule has 6 nitrogen and oxygen atoms in total. The van der Waals surface area contributed by atoms with Gasteiger partial charge in [-0.2, -0.15) is 0 Å². The summed E-state index contributed by atoms with van der Waals surface area (Å²) in [5.74, 6) is 2.02. The number of aliphatic hydroxyl groups excluding tert-OH is 1. The number of ketones is 1. The van der Waals surface area contributed by atoms with Crippen molar-refractivity contribution in [1.82, 2.24) is 5.32 Å². The van der Waals surface area contributed by atoms with E-state index in [1.54, 1.807) is 45.6 Å². The van der Waals surface area contributed by atoms with Gasteiger partial charge in [0.2, 0.25) is 0 Å². The van der Waals surface area contributed by atoms with Gasteiger partial charge in [0.1, 0.15) is 17.2 Å². The number of ether oxygens (including phenoxy) is 3. The zero-order chi connectivity index (χ0) is 21.5. The number of hydrogen-bond donors (Lipinski definition) is 2. The van der Waals surface area contributed by atoms with Gasteiger partial charge in [0.25, 0.3) is 0 Å². The van der Waals surface area contributed by atoms with E-state index in [2.05, 4.69) is 5.32 Å². The summed E-state index contributed by atoms with van der Waals surface area (Å²) in [5, 5.41) is 15.4. The molecule has 30 heavy (non-hydrogen) atoms. The number of carbonyl (C=O) groups excluding carboxylic acids is 1. The quantitative estimate of drug-likeness (QED) is 0.392. The number of nitrogens with one attached hydrogen (secondary N) is 1. The van der Waals surface area contributed by atoms with Crippen LogP contribution in [0, 0.1) is 0 Å². The fourth-order valence-electron chi connectivity index (χ4n) is 3.41. The van der Waals surface area contributed by atoms with Gasteiger partial charge in [0.15, 0.2) is 5.78 Å². The number of methoxy groups -OCH3 is 3. The molecule has 1 atom stereocenters. The average Bonchev–Trinajstić information content (AvgIpc) is 2.80. The van der Waals surface area contributed by atoms with E-state index in [0.717, 1.165) is 16.5 Å². The minimum absolute atomic E-state index is 0.0406. The Morgan fingerprint density at radius 3 is 2.23 bits per heavy atom. The maximum atomic E-state index is 12.8. The SMILES string of the molecule is COc1cc(OC)cc(C(O)CNCCC(=O)c2ccc(OC)c3ccccc23)c1. The van der Waals surface area contributed by atoms with E-state index in [4.69, 9.17) is 14.2 Å². The van der Waals surface area contributed by atoms with Crippen LogP contribution >= 0.6 is 0 Å². The van der Waals surface area contributed by atoms with Crippen LogP contribution in [0.5, 0.6) is 17.2 Å². The van der Waals surface area contributed by atoms with E-state index < -0.39 is 6.10 Å². The van der Waals surface area contributed by atoms with Gasteiger partial charge in [-0.25, -0.2) is 0 Å². The van der Waals surface area contributed by atoms with Crippen molar-refractivity contribution in [2.45, 2.75) is 12.5 Å². The highest BCUT2D eigenvalue weighted by Gasteiger charge is 2.14. The molecule has 0 aliphatic carbocycles. The van der Waals surface area contributed by atoms with Gasteiger partial charge >= 0.3 is 0 Å². The van der Waals surface area contributed by atoms with Crippen molar-refractivity contribution in [3.05, 3.63) is 65.7 Å². The van der Waals surface area contributed by atoms with Crippen molar-refractivity contribution in [3.8, 4) is 17.2 Å². The van der Waals surface area contributed by atoms with Crippen molar-refractivity contribution < 1.29 is 24.1 Å². The average molecular weight is 409 g/mol. The number of Topliss-reactive ketones (excluding diaryl/α,β-unsaturated/α-hetero) is 1. The maximum absolute atomic E-state index is 12.8. The molecular formula is C24H27NO5. The lowest BCUT2D eigenvalue weighted by molar-refractivity contribution is 0.0981. The van der Waals surface area contributed by atoms with Crippen LogP contribution in [0.2, 0.25) is 0 Å². The van der Waals surface area contributed by atoms with E-state index in [9.17, 15) is 9.90 Å². The van der Waals surface area contributed by atoms with Gasteiger partial charge in [-0.15, -0.1) is 0 Å². The molecular weight excluding hydrogens is 382 g/mol. The first-order valence-electron chi connectivity index (χ1n) is 9.78. The van der Waals surface area contributed by atoms with Crippen LogP contribution in [0.25, 0.3) is 10.8 Å². The van der Waals surface area contributed by atoms with Gasteiger partial charge < -0.3 is 24.6 Å². The van der Waals surface area contributed by atoms with Crippen molar-refractivity contribution in [2.24, 2.45) is 0 Å². The molecule has 0 radical (unpaired) electrons. The lowest BCUT2D eigenvalue weighted by Gasteiger charge is -2.15. The first kappa shape index (κ1) is 21.6. The first-order chi connectivity index (χ1) is 14.6. The zero-order valence-electron chi connectivity index (χ0n) is 17.5. The molecule has 3 rings (SSSR count). The van der Waals surface area contributed by atoms with Crippen LogP contribution in [0.15, 0.2) is 54.6 Å². The minimum Gasteiger partial charge on any atom is -0.497 e. The second-order valence-corrected chi connectivity index (χ2v) is 6.90. The predicted octanol–water partition coefficient (Wildman–Crippen LogP) is 3.76. The van der Waals surface area contributed by atoms with Crippen LogP contribution in [-0.4, -0.2) is 45.3 Å². The van der Waals surface area contributed by atoms with Crippen LogP contribution in [0.1, 0.15) is 28.4 Å². The summed E-state index contributed by atoms with van der Waals surface area (Å²) in [6, 6.07) is 16.6. The van der Waals surface area contributed by atoms with Crippen molar-refractivity contribution in [1.29, 1.82) is 0 Å². The fraction of sp³-hybridized carbons (Fsp3) is 0.292. The number of fused-ring (bicyclic) bond motifs is 1. The Hall–Kier alpha value is -3.09. The molecule has 0 spiro atoms. The molecule has 0 bridgehead atoms. The van der Waals surface area contributed by atoms with Gasteiger partial charge in [0.05, 0.1) is 27.4 Å². The van der Waals surface area contributed by atoms with Crippen molar-refractivity contribution in [2.75, 3.05) is 34.4 Å². The van der Waals surface area contributed by atoms with Crippen LogP contribution in [-0.2, 0) is 0 Å². The number of benzene rings is 3. The molecule has 0 aliphatic heterocycles. The summed E-state index contributed by atoms with van der Waals surface area (Å²) in [4.78, 5) is 12.8. The largest absolute Gasteiger partial charge is 0.497 e. The molecule has 0 fully saturated rings. The number of rotatable bonds is 10. The third-order valence-corrected chi connectivity index (χ3v) is 5.03. The third-order valence-electron chi connectivity index (χ3n) is 5.03. The highest BCUT2D eigenvalue weighted by molar-refractivity contribution is 6.09. The van der Waals surface area contributed by atoms with E-state index in [0.29, 0.717) is 42.1 Å². The summed E-state index contributed by atoms with van der Waals surface area (Å²) < 4.78 is 15.9. The third kappa shape index (κ3) is 4.90. The molecule has 0 saturated carbocycles. The summed E-state index contributed by atoms with van der Waals surface area (Å²) in [6.07, 6.45) is -0.421. The fourth-order valence-corrected chi connectivity index (χ4v) is 3.41. The van der Waals surface area contributed by atoms with Gasteiger partial charge in [-0.1, -0.05) is 24.3 Å². The molecule has 0 amide bonds. The van der Waals surface area contributed by atoms with Crippen LogP contribution in [0.4, 0.5) is 0 Å². The number of hydrogen-bond acceptors (Lipinski definition) is 6. The minimum atomic E-state index is -0.745. The molecule has 2 N–H and O–H groups in total. The maximum Gasteiger partial charge on any atom is 0.164 e. The number of aliphatic hydroxyl groups is 1. The summed E-state index contributed by atoms with van der Waals surface area (Å²) in [7, 11) is 4.76. The normalized spacial score (nSPS) is 11.9. The predicted molar refractivity (Wildman–Crippen MR) is 117 cm³/mol. The van der Waals surface area contributed by atoms with E-state index >= 15 is 0 Å². The molecule has 158 valence electrons. The van der Waals surface area contributed by atoms with E-state index in [-0.39, 0.29) is 5.78 Å². The highest BCUT2D eigenvalue weighted by Crippen LogP contribution is 2.29. The second kappa shape index (κ2) is 10.1. The Morgan fingerprint density at radius 2 is 1.60 bits per heavy atom. The molecule has 3 aromatic carbocycles. The highest BCUT2D eigenvalue weighted by atomic mass is 16.5. The molecule has 1 unspecified atom stereocenters. The van der Waals surface area contributed by atoms with Crippen molar-refractivity contribution >= 4 is 16.6 Å². The van der Waals surface area contributed by atoms with E-state index in [1.165, 1.54) is 0 Å². The molecule has 0 aliphatic rings. The zero-order valence-corrected chi connectivity index (χ0v) is 17.5. The number of carbonyl (C=O) groups is 1. The lowest BCUT2D eigenvalue weighted by Crippen LogP contribution is -2.24. The second-order valence-electron chi connectivity index (χ2n) is 6.90. The molecule has 0 saturated heterocycles.